The second-order valence-corrected chi connectivity index (χ2v) is 5.79. The molecule has 0 aromatic heterocycles. The summed E-state index contributed by atoms with van der Waals surface area (Å²) in [7, 11) is 0. The fraction of sp³-hybridized carbons (Fsp3) is 0.200. The predicted molar refractivity (Wildman–Crippen MR) is 86.0 cm³/mol. The zero-order chi connectivity index (χ0) is 15.4. The maximum Gasteiger partial charge on any atom is 0.263 e. The van der Waals surface area contributed by atoms with Gasteiger partial charge in [-0.2, -0.15) is 0 Å². The second kappa shape index (κ2) is 7.20. The highest BCUT2D eigenvalue weighted by Crippen LogP contribution is 2.28. The molecule has 1 unspecified atom stereocenters. The van der Waals surface area contributed by atoms with Crippen LogP contribution < -0.4 is 11.1 Å². The van der Waals surface area contributed by atoms with E-state index in [0.29, 0.717) is 5.02 Å². The van der Waals surface area contributed by atoms with Gasteiger partial charge in [0.15, 0.2) is 0 Å². The Labute approximate surface area is 135 Å². The largest absolute Gasteiger partial charge is 0.377 e. The van der Waals surface area contributed by atoms with Crippen LogP contribution in [0.4, 0.5) is 14.5 Å². The number of alkyl halides is 2. The van der Waals surface area contributed by atoms with Gasteiger partial charge in [-0.05, 0) is 45.8 Å². The van der Waals surface area contributed by atoms with Crippen molar-refractivity contribution in [1.82, 2.24) is 0 Å². The first-order chi connectivity index (χ1) is 10.0. The molecule has 0 fully saturated rings. The topological polar surface area (TPSA) is 38.0 Å². The van der Waals surface area contributed by atoms with Gasteiger partial charge in [0.05, 0.1) is 11.1 Å². The Hall–Kier alpha value is -1.17. The third-order valence-corrected chi connectivity index (χ3v) is 4.28. The summed E-state index contributed by atoms with van der Waals surface area (Å²) in [5, 5.41) is 3.82. The lowest BCUT2D eigenvalue weighted by Gasteiger charge is -2.19. The molecule has 2 aromatic carbocycles. The molecule has 0 spiro atoms. The van der Waals surface area contributed by atoms with E-state index < -0.39 is 6.43 Å². The van der Waals surface area contributed by atoms with E-state index in [0.717, 1.165) is 15.7 Å². The van der Waals surface area contributed by atoms with Gasteiger partial charge >= 0.3 is 0 Å². The van der Waals surface area contributed by atoms with Crippen molar-refractivity contribution in [2.75, 3.05) is 11.9 Å². The Morgan fingerprint density at radius 1 is 1.14 bits per heavy atom. The Morgan fingerprint density at radius 2 is 1.86 bits per heavy atom. The molecule has 0 saturated carbocycles. The molecule has 0 aliphatic carbocycles. The van der Waals surface area contributed by atoms with Crippen LogP contribution in [-0.2, 0) is 0 Å². The fourth-order valence-electron chi connectivity index (χ4n) is 1.98. The van der Waals surface area contributed by atoms with Gasteiger partial charge < -0.3 is 11.1 Å². The van der Waals surface area contributed by atoms with E-state index >= 15 is 0 Å². The second-order valence-electron chi connectivity index (χ2n) is 4.53. The van der Waals surface area contributed by atoms with Gasteiger partial charge in [0.25, 0.3) is 6.43 Å². The molecular formula is C15H14BrClF2N2. The number of hydrogen-bond acceptors (Lipinski definition) is 2. The number of rotatable bonds is 5. The highest BCUT2D eigenvalue weighted by atomic mass is 79.9. The molecule has 0 radical (unpaired) electrons. The number of nitrogens with two attached hydrogens (primary N) is 1. The van der Waals surface area contributed by atoms with E-state index in [2.05, 4.69) is 21.2 Å². The van der Waals surface area contributed by atoms with Crippen molar-refractivity contribution in [2.24, 2.45) is 5.73 Å². The lowest BCUT2D eigenvalue weighted by molar-refractivity contribution is 0.151. The smallest absolute Gasteiger partial charge is 0.263 e. The monoisotopic (exact) mass is 374 g/mol. The van der Waals surface area contributed by atoms with Crippen LogP contribution in [0.5, 0.6) is 0 Å². The molecule has 0 aliphatic rings. The zero-order valence-electron chi connectivity index (χ0n) is 11.0. The van der Waals surface area contributed by atoms with Crippen LogP contribution in [0.25, 0.3) is 0 Å². The van der Waals surface area contributed by atoms with Crippen molar-refractivity contribution < 1.29 is 8.78 Å². The molecule has 0 bridgehead atoms. The van der Waals surface area contributed by atoms with Gasteiger partial charge in [-0.3, -0.25) is 0 Å². The first-order valence-corrected chi connectivity index (χ1v) is 7.48. The van der Waals surface area contributed by atoms with E-state index in [1.807, 2.05) is 12.1 Å². The molecular weight excluding hydrogens is 362 g/mol. The van der Waals surface area contributed by atoms with E-state index in [4.69, 9.17) is 17.3 Å². The van der Waals surface area contributed by atoms with Crippen LogP contribution in [0.15, 0.2) is 46.9 Å². The summed E-state index contributed by atoms with van der Waals surface area (Å²) < 4.78 is 26.3. The quantitative estimate of drug-likeness (QED) is 0.758. The average Bonchev–Trinajstić information content (AvgIpc) is 2.48. The first kappa shape index (κ1) is 16.2. The summed E-state index contributed by atoms with van der Waals surface area (Å²) in [6, 6.07) is 11.4. The highest BCUT2D eigenvalue weighted by Gasteiger charge is 2.13. The Morgan fingerprint density at radius 3 is 2.48 bits per heavy atom. The number of benzene rings is 2. The number of halogens is 4. The molecule has 2 rings (SSSR count). The predicted octanol–water partition coefficient (Wildman–Crippen LogP) is 5.15. The van der Waals surface area contributed by atoms with Crippen molar-refractivity contribution in [2.45, 2.75) is 12.5 Å². The van der Waals surface area contributed by atoms with Crippen molar-refractivity contribution in [1.29, 1.82) is 0 Å². The van der Waals surface area contributed by atoms with Crippen LogP contribution in [0.1, 0.15) is 23.6 Å². The van der Waals surface area contributed by atoms with Crippen LogP contribution in [0.2, 0.25) is 5.02 Å². The first-order valence-electron chi connectivity index (χ1n) is 6.31. The average molecular weight is 376 g/mol. The summed E-state index contributed by atoms with van der Waals surface area (Å²) in [6.45, 7) is 0.285. The molecule has 0 heterocycles. The maximum atomic E-state index is 12.8. The van der Waals surface area contributed by atoms with Crippen molar-refractivity contribution >= 4 is 33.2 Å². The summed E-state index contributed by atoms with van der Waals surface area (Å²) >= 11 is 9.28. The Balaban J connectivity index is 2.23. The van der Waals surface area contributed by atoms with Crippen LogP contribution >= 0.6 is 27.5 Å². The molecule has 0 aliphatic heterocycles. The number of nitrogens with one attached hydrogen (secondary N) is 1. The lowest BCUT2D eigenvalue weighted by Crippen LogP contribution is -2.20. The fourth-order valence-corrected chi connectivity index (χ4v) is 2.47. The maximum absolute atomic E-state index is 12.8. The molecule has 3 N–H and O–H groups in total. The molecule has 0 saturated heterocycles. The van der Waals surface area contributed by atoms with E-state index in [1.165, 1.54) is 12.1 Å². The lowest BCUT2D eigenvalue weighted by atomic mass is 10.0. The standard InChI is InChI=1S/C15H14BrClF2N2/c16-12-7-11(4-5-13(12)17)21-14(8-20)9-2-1-3-10(6-9)15(18)19/h1-7,14-15,21H,8,20H2. The van der Waals surface area contributed by atoms with Gasteiger partial charge in [0.1, 0.15) is 0 Å². The molecule has 2 nitrogen and oxygen atoms in total. The molecule has 1 atom stereocenters. The van der Waals surface area contributed by atoms with E-state index in [-0.39, 0.29) is 18.2 Å². The van der Waals surface area contributed by atoms with Gasteiger partial charge in [0.2, 0.25) is 0 Å². The minimum Gasteiger partial charge on any atom is -0.377 e. The van der Waals surface area contributed by atoms with Crippen LogP contribution in [0, 0.1) is 0 Å². The zero-order valence-corrected chi connectivity index (χ0v) is 13.3. The SMILES string of the molecule is NCC(Nc1ccc(Cl)c(Br)c1)c1cccc(C(F)F)c1. The van der Waals surface area contributed by atoms with Crippen molar-refractivity contribution in [3.8, 4) is 0 Å². The number of hydrogen-bond donors (Lipinski definition) is 2. The normalized spacial score (nSPS) is 12.5. The van der Waals surface area contributed by atoms with E-state index in [1.54, 1.807) is 18.2 Å². The van der Waals surface area contributed by atoms with E-state index in [9.17, 15) is 8.78 Å². The highest BCUT2D eigenvalue weighted by molar-refractivity contribution is 9.10. The minimum atomic E-state index is -2.49. The molecule has 6 heteroatoms. The summed E-state index contributed by atoms with van der Waals surface area (Å²) in [4.78, 5) is 0. The molecule has 21 heavy (non-hydrogen) atoms. The molecule has 0 amide bonds. The molecule has 2 aromatic rings. The minimum absolute atomic E-state index is 0.00923. The Kier molecular flexibility index (Phi) is 5.56. The van der Waals surface area contributed by atoms with Crippen LogP contribution in [-0.4, -0.2) is 6.54 Å². The third-order valence-electron chi connectivity index (χ3n) is 3.06. The number of anilines is 1. The Bertz CT molecular complexity index is 622. The van der Waals surface area contributed by atoms with Crippen LogP contribution in [0.3, 0.4) is 0 Å². The van der Waals surface area contributed by atoms with Gasteiger partial charge in [-0.25, -0.2) is 8.78 Å². The van der Waals surface area contributed by atoms with Gasteiger partial charge in [0, 0.05) is 22.3 Å². The molecule has 112 valence electrons. The van der Waals surface area contributed by atoms with Crippen molar-refractivity contribution in [3.63, 3.8) is 0 Å². The summed E-state index contributed by atoms with van der Waals surface area (Å²) in [6.07, 6.45) is -2.49. The van der Waals surface area contributed by atoms with Gasteiger partial charge in [-0.1, -0.05) is 29.8 Å². The summed E-state index contributed by atoms with van der Waals surface area (Å²) in [5.41, 5.74) is 7.28. The third kappa shape index (κ3) is 4.15. The van der Waals surface area contributed by atoms with Crippen molar-refractivity contribution in [3.05, 3.63) is 63.1 Å². The summed E-state index contributed by atoms with van der Waals surface area (Å²) in [5.74, 6) is 0. The van der Waals surface area contributed by atoms with Gasteiger partial charge in [-0.15, -0.1) is 0 Å².